The quantitative estimate of drug-likeness (QED) is 0.465. The minimum Gasteiger partial charge on any atom is -0.292 e. The van der Waals surface area contributed by atoms with Crippen molar-refractivity contribution in [1.82, 2.24) is 9.91 Å². The van der Waals surface area contributed by atoms with E-state index in [9.17, 15) is 14.4 Å². The molecule has 0 saturated carbocycles. The summed E-state index contributed by atoms with van der Waals surface area (Å²) in [6.45, 7) is 0.204. The standard InChI is InChI=1S/C27H21N3O3/c31-25(18-11-5-2-6-12-18)24-22-21(23-20-14-8-7-13-19(20)15-28-30(23)24)26(32)29(27(22)33)16-17-9-3-1-4-10-17/h1-15,21-24H,16H2/t21-,22-,23-,24+/m1/s1. The first kappa shape index (κ1) is 19.6. The maximum atomic E-state index is 13.7. The van der Waals surface area contributed by atoms with Crippen LogP contribution in [-0.4, -0.2) is 39.8 Å². The van der Waals surface area contributed by atoms with Crippen LogP contribution in [0.15, 0.2) is 90.0 Å². The van der Waals surface area contributed by atoms with Crippen molar-refractivity contribution < 1.29 is 14.4 Å². The second kappa shape index (κ2) is 7.52. The van der Waals surface area contributed by atoms with E-state index in [0.717, 1.165) is 16.7 Å². The summed E-state index contributed by atoms with van der Waals surface area (Å²) in [5.41, 5.74) is 3.22. The number of hydrazone groups is 1. The number of carbonyl (C=O) groups is 3. The summed E-state index contributed by atoms with van der Waals surface area (Å²) in [6.07, 6.45) is 1.72. The third-order valence-electron chi connectivity index (χ3n) is 6.89. The molecule has 4 atom stereocenters. The topological polar surface area (TPSA) is 70.0 Å². The fourth-order valence-electron chi connectivity index (χ4n) is 5.43. The molecule has 0 radical (unpaired) electrons. The molecule has 3 aliphatic rings. The third kappa shape index (κ3) is 2.94. The van der Waals surface area contributed by atoms with E-state index in [1.165, 1.54) is 4.90 Å². The van der Waals surface area contributed by atoms with Crippen molar-refractivity contribution in [2.45, 2.75) is 18.6 Å². The molecule has 0 bridgehead atoms. The summed E-state index contributed by atoms with van der Waals surface area (Å²) in [5, 5.41) is 6.28. The fourth-order valence-corrected chi connectivity index (χ4v) is 5.43. The predicted octanol–water partition coefficient (Wildman–Crippen LogP) is 3.44. The van der Waals surface area contributed by atoms with Crippen molar-refractivity contribution in [3.8, 4) is 0 Å². The Morgan fingerprint density at radius 2 is 1.42 bits per heavy atom. The molecule has 3 heterocycles. The summed E-state index contributed by atoms with van der Waals surface area (Å²) in [4.78, 5) is 42.4. The van der Waals surface area contributed by atoms with Gasteiger partial charge in [-0.1, -0.05) is 84.9 Å². The highest BCUT2D eigenvalue weighted by Gasteiger charge is 2.65. The van der Waals surface area contributed by atoms with Crippen LogP contribution in [0.2, 0.25) is 0 Å². The number of amides is 2. The molecule has 0 aliphatic carbocycles. The first-order valence-corrected chi connectivity index (χ1v) is 11.0. The molecular weight excluding hydrogens is 414 g/mol. The highest BCUT2D eigenvalue weighted by atomic mass is 16.2. The number of Topliss-reactive ketones (excluding diaryl/α,β-unsaturated/α-hetero) is 1. The van der Waals surface area contributed by atoms with Crippen molar-refractivity contribution in [1.29, 1.82) is 0 Å². The van der Waals surface area contributed by atoms with Crippen molar-refractivity contribution in [2.75, 3.05) is 0 Å². The van der Waals surface area contributed by atoms with Crippen molar-refractivity contribution >= 4 is 23.8 Å². The van der Waals surface area contributed by atoms with E-state index in [1.54, 1.807) is 35.5 Å². The van der Waals surface area contributed by atoms with Gasteiger partial charge in [0.15, 0.2) is 5.78 Å². The lowest BCUT2D eigenvalue weighted by atomic mass is 9.83. The summed E-state index contributed by atoms with van der Waals surface area (Å²) in [7, 11) is 0. The Balaban J connectivity index is 1.45. The normalized spacial score (nSPS) is 25.1. The van der Waals surface area contributed by atoms with Gasteiger partial charge in [-0.05, 0) is 16.7 Å². The zero-order valence-electron chi connectivity index (χ0n) is 17.7. The molecule has 2 saturated heterocycles. The largest absolute Gasteiger partial charge is 0.292 e. The van der Waals surface area contributed by atoms with Gasteiger partial charge in [-0.25, -0.2) is 0 Å². The lowest BCUT2D eigenvalue weighted by Gasteiger charge is -2.33. The molecule has 6 rings (SSSR count). The molecule has 0 aromatic heterocycles. The predicted molar refractivity (Wildman–Crippen MR) is 122 cm³/mol. The number of imide groups is 1. The van der Waals surface area contributed by atoms with E-state index in [-0.39, 0.29) is 24.1 Å². The first-order valence-electron chi connectivity index (χ1n) is 11.0. The summed E-state index contributed by atoms with van der Waals surface area (Å²) >= 11 is 0. The van der Waals surface area contributed by atoms with Crippen LogP contribution in [0.5, 0.6) is 0 Å². The molecule has 6 heteroatoms. The molecule has 6 nitrogen and oxygen atoms in total. The molecule has 33 heavy (non-hydrogen) atoms. The van der Waals surface area contributed by atoms with Gasteiger partial charge in [0.05, 0.1) is 30.6 Å². The van der Waals surface area contributed by atoms with Gasteiger partial charge in [0.1, 0.15) is 6.04 Å². The molecule has 162 valence electrons. The Labute approximate surface area is 191 Å². The lowest BCUT2D eigenvalue weighted by molar-refractivity contribution is -0.142. The Kier molecular flexibility index (Phi) is 4.47. The zero-order chi connectivity index (χ0) is 22.5. The number of fused-ring (bicyclic) bond motifs is 5. The average Bonchev–Trinajstić information content (AvgIpc) is 3.33. The van der Waals surface area contributed by atoms with Crippen LogP contribution in [0, 0.1) is 11.8 Å². The molecular formula is C27H21N3O3. The maximum absolute atomic E-state index is 13.7. The van der Waals surface area contributed by atoms with E-state index in [2.05, 4.69) is 5.10 Å². The number of likely N-dealkylation sites (tertiary alicyclic amines) is 1. The minimum atomic E-state index is -0.829. The molecule has 0 N–H and O–H groups in total. The van der Waals surface area contributed by atoms with Gasteiger partial charge in [0, 0.05) is 5.56 Å². The van der Waals surface area contributed by atoms with Gasteiger partial charge < -0.3 is 0 Å². The number of rotatable bonds is 4. The number of carbonyl (C=O) groups excluding carboxylic acids is 3. The zero-order valence-corrected chi connectivity index (χ0v) is 17.7. The Morgan fingerprint density at radius 3 is 2.18 bits per heavy atom. The van der Waals surface area contributed by atoms with Crippen LogP contribution in [0.25, 0.3) is 0 Å². The van der Waals surface area contributed by atoms with Crippen LogP contribution >= 0.6 is 0 Å². The minimum absolute atomic E-state index is 0.188. The van der Waals surface area contributed by atoms with Gasteiger partial charge in [0.25, 0.3) is 0 Å². The van der Waals surface area contributed by atoms with E-state index in [1.807, 2.05) is 60.7 Å². The number of nitrogens with zero attached hydrogens (tertiary/aromatic N) is 3. The first-order chi connectivity index (χ1) is 16.1. The van der Waals surface area contributed by atoms with Crippen LogP contribution in [0.4, 0.5) is 0 Å². The van der Waals surface area contributed by atoms with Gasteiger partial charge in [-0.2, -0.15) is 5.10 Å². The van der Waals surface area contributed by atoms with Gasteiger partial charge in [0.2, 0.25) is 11.8 Å². The SMILES string of the molecule is O=C(c1ccccc1)[C@@H]1[C@@H]2C(=O)N(Cc3ccccc3)C(=O)[C@H]2[C@H]2c3ccccc3C=NN12. The number of ketones is 1. The smallest absolute Gasteiger partial charge is 0.236 e. The van der Waals surface area contributed by atoms with E-state index in [0.29, 0.717) is 5.56 Å². The molecule has 0 unspecified atom stereocenters. The summed E-state index contributed by atoms with van der Waals surface area (Å²) < 4.78 is 0. The summed E-state index contributed by atoms with van der Waals surface area (Å²) in [5.74, 6) is -2.16. The molecule has 0 spiro atoms. The number of hydrogen-bond donors (Lipinski definition) is 0. The molecule has 2 fully saturated rings. The fraction of sp³-hybridized carbons (Fsp3) is 0.185. The van der Waals surface area contributed by atoms with Crippen LogP contribution in [0.1, 0.15) is 33.1 Å². The van der Waals surface area contributed by atoms with E-state index in [4.69, 9.17) is 0 Å². The molecule has 3 aliphatic heterocycles. The molecule has 2 amide bonds. The van der Waals surface area contributed by atoms with Crippen molar-refractivity contribution in [3.05, 3.63) is 107 Å². The maximum Gasteiger partial charge on any atom is 0.236 e. The third-order valence-corrected chi connectivity index (χ3v) is 6.89. The van der Waals surface area contributed by atoms with E-state index >= 15 is 0 Å². The average molecular weight is 435 g/mol. The van der Waals surface area contributed by atoms with Crippen LogP contribution < -0.4 is 0 Å². The molecule has 3 aromatic carbocycles. The Hall–Kier alpha value is -4.06. The highest BCUT2D eigenvalue weighted by molar-refractivity contribution is 6.12. The Bertz CT molecular complexity index is 1290. The van der Waals surface area contributed by atoms with E-state index < -0.39 is 23.9 Å². The van der Waals surface area contributed by atoms with Gasteiger partial charge in [-0.15, -0.1) is 0 Å². The van der Waals surface area contributed by atoms with Gasteiger partial charge in [-0.3, -0.25) is 24.3 Å². The molecule has 3 aromatic rings. The van der Waals surface area contributed by atoms with Crippen molar-refractivity contribution in [2.24, 2.45) is 16.9 Å². The van der Waals surface area contributed by atoms with Crippen LogP contribution in [0.3, 0.4) is 0 Å². The number of benzene rings is 3. The second-order valence-electron chi connectivity index (χ2n) is 8.67. The van der Waals surface area contributed by atoms with Gasteiger partial charge >= 0.3 is 0 Å². The lowest BCUT2D eigenvalue weighted by Crippen LogP contribution is -2.44. The second-order valence-corrected chi connectivity index (χ2v) is 8.67. The summed E-state index contributed by atoms with van der Waals surface area (Å²) in [6, 6.07) is 24.9. The monoisotopic (exact) mass is 435 g/mol. The number of hydrogen-bond acceptors (Lipinski definition) is 5. The highest BCUT2D eigenvalue weighted by Crippen LogP contribution is 2.52. The Morgan fingerprint density at radius 1 is 0.788 bits per heavy atom. The van der Waals surface area contributed by atoms with Crippen molar-refractivity contribution in [3.63, 3.8) is 0 Å². The van der Waals surface area contributed by atoms with Crippen LogP contribution in [-0.2, 0) is 16.1 Å².